The number of nitrogens with one attached hydrogen (secondary N) is 2. The normalized spacial score (nSPS) is 15.6. The van der Waals surface area contributed by atoms with Crippen LogP contribution in [0.2, 0.25) is 10.0 Å². The Morgan fingerprint density at radius 1 is 1.03 bits per heavy atom. The van der Waals surface area contributed by atoms with Gasteiger partial charge in [-0.1, -0.05) is 41.4 Å². The molecule has 1 unspecified atom stereocenters. The van der Waals surface area contributed by atoms with Crippen LogP contribution < -0.4 is 10.0 Å². The van der Waals surface area contributed by atoms with Crippen LogP contribution in [0.4, 0.5) is 11.4 Å². The van der Waals surface area contributed by atoms with Crippen LogP contribution in [0.5, 0.6) is 0 Å². The molecule has 0 saturated carbocycles. The van der Waals surface area contributed by atoms with E-state index in [-0.39, 0.29) is 39.6 Å². The first-order valence-corrected chi connectivity index (χ1v) is 11.9. The van der Waals surface area contributed by atoms with E-state index in [1.54, 1.807) is 24.3 Å². The third-order valence-electron chi connectivity index (χ3n) is 5.19. The van der Waals surface area contributed by atoms with Gasteiger partial charge in [0.2, 0.25) is 0 Å². The zero-order chi connectivity index (χ0) is 23.0. The van der Waals surface area contributed by atoms with E-state index in [0.717, 1.165) is 5.56 Å². The topological polar surface area (TPSA) is 92.3 Å². The van der Waals surface area contributed by atoms with Gasteiger partial charge in [-0.2, -0.15) is 0 Å². The molecule has 0 aliphatic carbocycles. The fourth-order valence-corrected chi connectivity index (χ4v) is 4.90. The molecule has 6 nitrogen and oxygen atoms in total. The number of hydrogen-bond acceptors (Lipinski definition) is 5. The van der Waals surface area contributed by atoms with Crippen molar-refractivity contribution in [3.05, 3.63) is 87.4 Å². The maximum absolute atomic E-state index is 12.9. The molecule has 3 aromatic rings. The Bertz CT molecular complexity index is 1360. The first kappa shape index (κ1) is 22.3. The predicted octanol–water partition coefficient (Wildman–Crippen LogP) is 5.74. The van der Waals surface area contributed by atoms with E-state index in [0.29, 0.717) is 21.8 Å². The van der Waals surface area contributed by atoms with Crippen molar-refractivity contribution in [3.63, 3.8) is 0 Å². The van der Waals surface area contributed by atoms with E-state index in [9.17, 15) is 18.0 Å². The number of sulfonamides is 1. The maximum Gasteiger partial charge on any atom is 0.261 e. The smallest absolute Gasteiger partial charge is 0.261 e. The van der Waals surface area contributed by atoms with Crippen LogP contribution in [0.15, 0.2) is 65.6 Å². The first-order valence-electron chi connectivity index (χ1n) is 9.66. The molecule has 2 N–H and O–H groups in total. The average Bonchev–Trinajstić information content (AvgIpc) is 2.76. The molecule has 164 valence electrons. The number of Topliss-reactive ketones (excluding diaryl/α,β-unsaturated/α-hetero) is 2. The predicted molar refractivity (Wildman–Crippen MR) is 125 cm³/mol. The van der Waals surface area contributed by atoms with Gasteiger partial charge >= 0.3 is 0 Å². The van der Waals surface area contributed by atoms with Crippen LogP contribution in [-0.4, -0.2) is 20.0 Å². The van der Waals surface area contributed by atoms with E-state index in [4.69, 9.17) is 23.2 Å². The van der Waals surface area contributed by atoms with Gasteiger partial charge in [0.25, 0.3) is 10.0 Å². The lowest BCUT2D eigenvalue weighted by Gasteiger charge is -2.27. The molecule has 0 fully saturated rings. The first-order chi connectivity index (χ1) is 15.1. The van der Waals surface area contributed by atoms with Gasteiger partial charge in [-0.25, -0.2) is 8.42 Å². The second-order valence-electron chi connectivity index (χ2n) is 7.45. The van der Waals surface area contributed by atoms with Crippen LogP contribution in [0.3, 0.4) is 0 Å². The van der Waals surface area contributed by atoms with Gasteiger partial charge in [0.1, 0.15) is 0 Å². The number of ketones is 2. The number of anilines is 2. The molecule has 3 aromatic carbocycles. The fourth-order valence-electron chi connectivity index (χ4n) is 3.53. The third kappa shape index (κ3) is 4.50. The highest BCUT2D eigenvalue weighted by Gasteiger charge is 2.28. The largest absolute Gasteiger partial charge is 0.377 e. The molecule has 4 rings (SSSR count). The zero-order valence-electron chi connectivity index (χ0n) is 16.9. The fraction of sp³-hybridized carbons (Fsp3) is 0.130. The summed E-state index contributed by atoms with van der Waals surface area (Å²) in [4.78, 5) is 24.5. The van der Waals surface area contributed by atoms with E-state index in [1.165, 1.54) is 37.3 Å². The van der Waals surface area contributed by atoms with Crippen molar-refractivity contribution in [2.45, 2.75) is 24.3 Å². The van der Waals surface area contributed by atoms with E-state index < -0.39 is 10.0 Å². The Hall–Kier alpha value is -2.87. The van der Waals surface area contributed by atoms with Gasteiger partial charge in [-0.3, -0.25) is 14.3 Å². The molecule has 1 heterocycles. The molecule has 0 aromatic heterocycles. The zero-order valence-corrected chi connectivity index (χ0v) is 19.2. The molecular weight excluding hydrogens is 471 g/mol. The summed E-state index contributed by atoms with van der Waals surface area (Å²) >= 11 is 11.8. The molecule has 0 bridgehead atoms. The molecule has 32 heavy (non-hydrogen) atoms. The minimum atomic E-state index is -3.95. The Morgan fingerprint density at radius 3 is 2.53 bits per heavy atom. The van der Waals surface area contributed by atoms with Gasteiger partial charge < -0.3 is 5.32 Å². The average molecular weight is 489 g/mol. The molecule has 1 aliphatic rings. The molecule has 0 saturated heterocycles. The number of fused-ring (bicyclic) bond motifs is 1. The summed E-state index contributed by atoms with van der Waals surface area (Å²) in [5.41, 5.74) is 2.47. The van der Waals surface area contributed by atoms with Crippen molar-refractivity contribution in [2.24, 2.45) is 0 Å². The van der Waals surface area contributed by atoms with Crippen molar-refractivity contribution in [2.75, 3.05) is 10.0 Å². The minimum absolute atomic E-state index is 0.0468. The Morgan fingerprint density at radius 2 is 1.81 bits per heavy atom. The Kier molecular flexibility index (Phi) is 5.99. The lowest BCUT2D eigenvalue weighted by molar-refractivity contribution is 0.0971. The molecule has 1 atom stereocenters. The molecule has 0 amide bonds. The van der Waals surface area contributed by atoms with Crippen molar-refractivity contribution in [3.8, 4) is 0 Å². The van der Waals surface area contributed by atoms with Gasteiger partial charge in [-0.15, -0.1) is 0 Å². The molecule has 0 spiro atoms. The number of hydrogen-bond donors (Lipinski definition) is 2. The summed E-state index contributed by atoms with van der Waals surface area (Å²) in [6.07, 6.45) is 0.137. The molecule has 1 aliphatic heterocycles. The van der Waals surface area contributed by atoms with Crippen LogP contribution >= 0.6 is 23.2 Å². The Labute approximate surface area is 195 Å². The van der Waals surface area contributed by atoms with E-state index >= 15 is 0 Å². The maximum atomic E-state index is 12.9. The highest BCUT2D eigenvalue weighted by molar-refractivity contribution is 7.92. The lowest BCUT2D eigenvalue weighted by atomic mass is 9.91. The van der Waals surface area contributed by atoms with Gasteiger partial charge in [0.05, 0.1) is 26.7 Å². The van der Waals surface area contributed by atoms with Crippen LogP contribution in [-0.2, 0) is 10.0 Å². The van der Waals surface area contributed by atoms with E-state index in [2.05, 4.69) is 10.0 Å². The SMILES string of the molecule is CC(=O)c1cccc(C2CC(=O)c3cc(S(=O)(=O)Nc4ccc(Cl)c(Cl)c4)ccc3N2)c1. The molecule has 0 radical (unpaired) electrons. The molecule has 9 heteroatoms. The lowest BCUT2D eigenvalue weighted by Crippen LogP contribution is -2.24. The summed E-state index contributed by atoms with van der Waals surface area (Å²) in [5.74, 6) is -0.248. The number of carbonyl (C=O) groups is 2. The Balaban J connectivity index is 1.61. The quantitative estimate of drug-likeness (QED) is 0.446. The van der Waals surface area contributed by atoms with Gasteiger partial charge in [0, 0.05) is 23.2 Å². The highest BCUT2D eigenvalue weighted by atomic mass is 35.5. The van der Waals surface area contributed by atoms with E-state index in [1.807, 2.05) is 6.07 Å². The number of halogens is 2. The standard InChI is InChI=1S/C23H18Cl2N2O4S/c1-13(28)14-3-2-4-15(9-14)22-12-23(29)18-11-17(6-8-21(18)26-22)32(30,31)27-16-5-7-19(24)20(25)10-16/h2-11,22,26-27H,12H2,1H3. The van der Waals surface area contributed by atoms with Crippen LogP contribution in [0.25, 0.3) is 0 Å². The minimum Gasteiger partial charge on any atom is -0.377 e. The second-order valence-corrected chi connectivity index (χ2v) is 9.94. The monoisotopic (exact) mass is 488 g/mol. The summed E-state index contributed by atoms with van der Waals surface area (Å²) in [6.45, 7) is 1.49. The summed E-state index contributed by atoms with van der Waals surface area (Å²) in [6, 6.07) is 15.5. The summed E-state index contributed by atoms with van der Waals surface area (Å²) in [7, 11) is -3.95. The van der Waals surface area contributed by atoms with Gasteiger partial charge in [0.15, 0.2) is 11.6 Å². The second kappa shape index (κ2) is 8.58. The van der Waals surface area contributed by atoms with Crippen LogP contribution in [0.1, 0.15) is 45.7 Å². The van der Waals surface area contributed by atoms with Crippen molar-refractivity contribution < 1.29 is 18.0 Å². The highest BCUT2D eigenvalue weighted by Crippen LogP contribution is 2.35. The number of benzene rings is 3. The van der Waals surface area contributed by atoms with Crippen molar-refractivity contribution in [1.82, 2.24) is 0 Å². The number of carbonyl (C=O) groups excluding carboxylic acids is 2. The third-order valence-corrected chi connectivity index (χ3v) is 7.31. The molecular formula is C23H18Cl2N2O4S. The summed E-state index contributed by atoms with van der Waals surface area (Å²) < 4.78 is 28.1. The summed E-state index contributed by atoms with van der Waals surface area (Å²) in [5, 5.41) is 3.80. The van der Waals surface area contributed by atoms with Crippen LogP contribution in [0, 0.1) is 0 Å². The van der Waals surface area contributed by atoms with Crippen molar-refractivity contribution in [1.29, 1.82) is 0 Å². The van der Waals surface area contributed by atoms with Gasteiger partial charge in [-0.05, 0) is 55.0 Å². The number of rotatable bonds is 5. The van der Waals surface area contributed by atoms with Crippen molar-refractivity contribution >= 4 is 56.2 Å².